The van der Waals surface area contributed by atoms with Crippen LogP contribution in [0.5, 0.6) is 0 Å². The van der Waals surface area contributed by atoms with Crippen LogP contribution >= 0.6 is 12.4 Å². The minimum Gasteiger partial charge on any atom is -0.321 e. The first-order chi connectivity index (χ1) is 13.0. The average Bonchev–Trinajstić information content (AvgIpc) is 2.70. The van der Waals surface area contributed by atoms with Crippen molar-refractivity contribution in [3.05, 3.63) is 65.7 Å². The van der Waals surface area contributed by atoms with E-state index in [4.69, 9.17) is 0 Å². The highest BCUT2D eigenvalue weighted by molar-refractivity contribution is 6.44. The standard InChI is InChI=1S/C19H20N4O4.ClH/c1-2-20-12-16(24)22-23-19(27)17(25)14-10-6-7-11-15(14)21-18(26)13-8-4-3-5-9-13;/h3-11,20H,2,12H2,1H3,(H,21,26)(H,22,24)(H,23,27);1H. The van der Waals surface area contributed by atoms with Crippen LogP contribution in [0, 0.1) is 0 Å². The van der Waals surface area contributed by atoms with Gasteiger partial charge in [0.2, 0.25) is 0 Å². The Morgan fingerprint density at radius 1 is 0.857 bits per heavy atom. The molecule has 8 nitrogen and oxygen atoms in total. The van der Waals surface area contributed by atoms with Crippen LogP contribution in [0.25, 0.3) is 0 Å². The number of Topliss-reactive ketones (excluding diaryl/α,β-unsaturated/α-hetero) is 1. The zero-order valence-corrected chi connectivity index (χ0v) is 16.0. The molecule has 0 aliphatic heterocycles. The molecule has 0 atom stereocenters. The number of nitrogens with one attached hydrogen (secondary N) is 4. The van der Waals surface area contributed by atoms with Crippen LogP contribution in [0.3, 0.4) is 0 Å². The number of ketones is 1. The van der Waals surface area contributed by atoms with Crippen molar-refractivity contribution in [1.82, 2.24) is 16.2 Å². The summed E-state index contributed by atoms with van der Waals surface area (Å²) in [5.74, 6) is -2.79. The molecule has 0 aliphatic rings. The van der Waals surface area contributed by atoms with Crippen LogP contribution in [-0.2, 0) is 9.59 Å². The second-order valence-electron chi connectivity index (χ2n) is 5.48. The molecule has 3 amide bonds. The zero-order chi connectivity index (χ0) is 19.6. The number of rotatable bonds is 7. The van der Waals surface area contributed by atoms with Crippen LogP contribution in [0.15, 0.2) is 54.6 Å². The molecule has 0 saturated heterocycles. The Morgan fingerprint density at radius 2 is 1.50 bits per heavy atom. The number of anilines is 1. The van der Waals surface area contributed by atoms with Crippen molar-refractivity contribution in [3.8, 4) is 0 Å². The smallest absolute Gasteiger partial charge is 0.310 e. The third kappa shape index (κ3) is 6.49. The summed E-state index contributed by atoms with van der Waals surface area (Å²) in [6.07, 6.45) is 0. The first-order valence-electron chi connectivity index (χ1n) is 8.32. The third-order valence-corrected chi connectivity index (χ3v) is 3.51. The first kappa shape index (κ1) is 22.8. The monoisotopic (exact) mass is 404 g/mol. The highest BCUT2D eigenvalue weighted by Crippen LogP contribution is 2.17. The van der Waals surface area contributed by atoms with Crippen molar-refractivity contribution in [3.63, 3.8) is 0 Å². The van der Waals surface area contributed by atoms with E-state index < -0.39 is 23.5 Å². The molecule has 0 aromatic heterocycles. The lowest BCUT2D eigenvalue weighted by Crippen LogP contribution is -2.47. The van der Waals surface area contributed by atoms with Crippen LogP contribution in [-0.4, -0.2) is 36.6 Å². The predicted octanol–water partition coefficient (Wildman–Crippen LogP) is 1.30. The molecule has 0 saturated carbocycles. The fourth-order valence-corrected chi connectivity index (χ4v) is 2.16. The van der Waals surface area contributed by atoms with E-state index >= 15 is 0 Å². The quantitative estimate of drug-likeness (QED) is 0.315. The molecule has 0 fully saturated rings. The summed E-state index contributed by atoms with van der Waals surface area (Å²) in [6, 6.07) is 14.6. The minimum absolute atomic E-state index is 0. The summed E-state index contributed by atoms with van der Waals surface area (Å²) < 4.78 is 0. The fourth-order valence-electron chi connectivity index (χ4n) is 2.16. The predicted molar refractivity (Wildman–Crippen MR) is 107 cm³/mol. The topological polar surface area (TPSA) is 116 Å². The van der Waals surface area contributed by atoms with Gasteiger partial charge in [-0.05, 0) is 30.8 Å². The van der Waals surface area contributed by atoms with E-state index in [1.54, 1.807) is 42.5 Å². The Balaban J connectivity index is 0.00000392. The number of hydrazine groups is 1. The second-order valence-corrected chi connectivity index (χ2v) is 5.48. The number of carbonyl (C=O) groups excluding carboxylic acids is 4. The lowest BCUT2D eigenvalue weighted by molar-refractivity contribution is -0.126. The summed E-state index contributed by atoms with van der Waals surface area (Å²) in [5, 5.41) is 5.40. The molecule has 0 radical (unpaired) electrons. The summed E-state index contributed by atoms with van der Waals surface area (Å²) in [5.41, 5.74) is 4.84. The average molecular weight is 405 g/mol. The van der Waals surface area contributed by atoms with Crippen molar-refractivity contribution in [2.75, 3.05) is 18.4 Å². The van der Waals surface area contributed by atoms with Gasteiger partial charge in [0.05, 0.1) is 17.8 Å². The van der Waals surface area contributed by atoms with Gasteiger partial charge in [-0.1, -0.05) is 37.3 Å². The second kappa shape index (κ2) is 11.5. The molecule has 4 N–H and O–H groups in total. The highest BCUT2D eigenvalue weighted by Gasteiger charge is 2.21. The zero-order valence-electron chi connectivity index (χ0n) is 15.2. The van der Waals surface area contributed by atoms with Gasteiger partial charge < -0.3 is 10.6 Å². The Hall–Kier alpha value is -3.23. The third-order valence-electron chi connectivity index (χ3n) is 3.51. The van der Waals surface area contributed by atoms with Crippen molar-refractivity contribution in [2.24, 2.45) is 0 Å². The number of hydrogen-bond donors (Lipinski definition) is 4. The van der Waals surface area contributed by atoms with Gasteiger partial charge in [0.15, 0.2) is 0 Å². The van der Waals surface area contributed by atoms with Crippen molar-refractivity contribution in [1.29, 1.82) is 0 Å². The summed E-state index contributed by atoms with van der Waals surface area (Å²) in [4.78, 5) is 48.2. The van der Waals surface area contributed by atoms with Crippen molar-refractivity contribution in [2.45, 2.75) is 6.92 Å². The lowest BCUT2D eigenvalue weighted by atomic mass is 10.1. The number of carbonyl (C=O) groups is 4. The van der Waals surface area contributed by atoms with Crippen LogP contribution in [0.4, 0.5) is 5.69 Å². The van der Waals surface area contributed by atoms with Gasteiger partial charge >= 0.3 is 5.91 Å². The number of halogens is 1. The van der Waals surface area contributed by atoms with Crippen LogP contribution in [0.1, 0.15) is 27.6 Å². The number of hydrogen-bond acceptors (Lipinski definition) is 5. The highest BCUT2D eigenvalue weighted by atomic mass is 35.5. The summed E-state index contributed by atoms with van der Waals surface area (Å²) >= 11 is 0. The van der Waals surface area contributed by atoms with Gasteiger partial charge in [0.25, 0.3) is 17.6 Å². The van der Waals surface area contributed by atoms with E-state index in [-0.39, 0.29) is 30.2 Å². The molecule has 0 spiro atoms. The Labute approximate surface area is 168 Å². The number of likely N-dealkylation sites (N-methyl/N-ethyl adjacent to an activating group) is 1. The van der Waals surface area contributed by atoms with Gasteiger partial charge in [-0.3, -0.25) is 30.0 Å². The first-order valence-corrected chi connectivity index (χ1v) is 8.32. The molecule has 0 aliphatic carbocycles. The minimum atomic E-state index is -1.01. The molecule has 2 aromatic carbocycles. The maximum absolute atomic E-state index is 12.4. The van der Waals surface area contributed by atoms with E-state index in [9.17, 15) is 19.2 Å². The van der Waals surface area contributed by atoms with Gasteiger partial charge in [-0.15, -0.1) is 12.4 Å². The maximum atomic E-state index is 12.4. The lowest BCUT2D eigenvalue weighted by Gasteiger charge is -2.11. The maximum Gasteiger partial charge on any atom is 0.310 e. The Morgan fingerprint density at radius 3 is 2.18 bits per heavy atom. The number of para-hydroxylation sites is 1. The van der Waals surface area contributed by atoms with E-state index in [0.717, 1.165) is 0 Å². The molecule has 0 bridgehead atoms. The molecule has 28 heavy (non-hydrogen) atoms. The Kier molecular flexibility index (Phi) is 9.35. The summed E-state index contributed by atoms with van der Waals surface area (Å²) in [7, 11) is 0. The van der Waals surface area contributed by atoms with Crippen molar-refractivity contribution < 1.29 is 19.2 Å². The molecular weight excluding hydrogens is 384 g/mol. The SMILES string of the molecule is CCNCC(=O)NNC(=O)C(=O)c1ccccc1NC(=O)c1ccccc1.Cl. The fraction of sp³-hybridized carbons (Fsp3) is 0.158. The van der Waals surface area contributed by atoms with E-state index in [2.05, 4.69) is 21.5 Å². The number of amides is 3. The van der Waals surface area contributed by atoms with E-state index in [0.29, 0.717) is 12.1 Å². The molecule has 2 rings (SSSR count). The largest absolute Gasteiger partial charge is 0.321 e. The number of benzene rings is 2. The molecule has 148 valence electrons. The molecule has 2 aromatic rings. The van der Waals surface area contributed by atoms with Crippen LogP contribution < -0.4 is 21.5 Å². The molecule has 0 heterocycles. The molecule has 9 heteroatoms. The van der Waals surface area contributed by atoms with Gasteiger partial charge in [0.1, 0.15) is 0 Å². The molecule has 0 unspecified atom stereocenters. The van der Waals surface area contributed by atoms with E-state index in [1.807, 2.05) is 6.92 Å². The summed E-state index contributed by atoms with van der Waals surface area (Å²) in [6.45, 7) is 2.43. The van der Waals surface area contributed by atoms with Gasteiger partial charge in [-0.25, -0.2) is 0 Å². The van der Waals surface area contributed by atoms with Crippen LogP contribution in [0.2, 0.25) is 0 Å². The Bertz CT molecular complexity index is 843. The van der Waals surface area contributed by atoms with E-state index in [1.165, 1.54) is 12.1 Å². The van der Waals surface area contributed by atoms with Gasteiger partial charge in [-0.2, -0.15) is 0 Å². The van der Waals surface area contributed by atoms with Gasteiger partial charge in [0, 0.05) is 5.56 Å². The van der Waals surface area contributed by atoms with Crippen molar-refractivity contribution >= 4 is 41.6 Å². The normalized spacial score (nSPS) is 9.61. The molecular formula is C19H21ClN4O4.